The molecule has 0 radical (unpaired) electrons. The molecule has 0 heterocycles. The van der Waals surface area contributed by atoms with Crippen molar-refractivity contribution in [2.75, 3.05) is 11.2 Å². The summed E-state index contributed by atoms with van der Waals surface area (Å²) in [7, 11) is 0. The van der Waals surface area contributed by atoms with Gasteiger partial charge in [-0.05, 0) is 18.2 Å². The first-order valence-corrected chi connectivity index (χ1v) is 5.97. The molecule has 0 aliphatic rings. The summed E-state index contributed by atoms with van der Waals surface area (Å²) in [6.45, 7) is 0. The van der Waals surface area contributed by atoms with E-state index in [1.165, 1.54) is 12.1 Å². The van der Waals surface area contributed by atoms with Crippen LogP contribution in [0.3, 0.4) is 0 Å². The Bertz CT molecular complexity index is 442. The zero-order chi connectivity index (χ0) is 12.8. The van der Waals surface area contributed by atoms with Crippen molar-refractivity contribution in [3.63, 3.8) is 0 Å². The van der Waals surface area contributed by atoms with E-state index in [2.05, 4.69) is 21.2 Å². The number of alkyl halides is 1. The minimum Gasteiger partial charge on any atom is -0.305 e. The Balaban J connectivity index is 2.59. The first-order valence-electron chi connectivity index (χ1n) is 4.65. The average Bonchev–Trinajstić information content (AvgIpc) is 2.22. The van der Waals surface area contributed by atoms with Crippen LogP contribution in [0.5, 0.6) is 0 Å². The highest BCUT2D eigenvalue weighted by Gasteiger charge is 2.09. The van der Waals surface area contributed by atoms with Crippen LogP contribution in [0.1, 0.15) is 6.42 Å². The Hall–Kier alpha value is -1.14. The summed E-state index contributed by atoms with van der Waals surface area (Å²) in [5.41, 5.74) is -0.00984. The van der Waals surface area contributed by atoms with Gasteiger partial charge in [0.1, 0.15) is 5.82 Å². The fourth-order valence-corrected chi connectivity index (χ4v) is 1.52. The fraction of sp³-hybridized carbons (Fsp3) is 0.200. The second kappa shape index (κ2) is 6.56. The molecular formula is C10H9BrClFN2O2. The first-order chi connectivity index (χ1) is 8.02. The standard InChI is InChI=1S/C10H9BrClFN2O2/c11-6-1-2-8(7(13)5-6)14-10(17)15-9(16)3-4-12/h1-2,5H,3-4H2,(H2,14,15,16,17). The largest absolute Gasteiger partial charge is 0.325 e. The number of halogens is 3. The fourth-order valence-electron chi connectivity index (χ4n) is 1.02. The second-order valence-corrected chi connectivity index (χ2v) is 4.36. The van der Waals surface area contributed by atoms with Crippen molar-refractivity contribution >= 4 is 45.2 Å². The molecule has 3 amide bonds. The lowest BCUT2D eigenvalue weighted by atomic mass is 10.3. The SMILES string of the molecule is O=C(CCCl)NC(=O)Nc1ccc(Br)cc1F. The summed E-state index contributed by atoms with van der Waals surface area (Å²) in [5, 5.41) is 4.24. The van der Waals surface area contributed by atoms with Crippen LogP contribution in [0, 0.1) is 5.82 Å². The van der Waals surface area contributed by atoms with Crippen LogP contribution in [0.25, 0.3) is 0 Å². The van der Waals surface area contributed by atoms with Crippen LogP contribution in [-0.2, 0) is 4.79 Å². The Morgan fingerprint density at radius 3 is 2.71 bits per heavy atom. The van der Waals surface area contributed by atoms with Gasteiger partial charge < -0.3 is 5.32 Å². The van der Waals surface area contributed by atoms with E-state index in [1.54, 1.807) is 6.07 Å². The summed E-state index contributed by atoms with van der Waals surface area (Å²) in [5.74, 6) is -1.000. The molecule has 0 aliphatic heterocycles. The first kappa shape index (κ1) is 13.9. The normalized spacial score (nSPS) is 9.82. The molecular weight excluding hydrogens is 314 g/mol. The van der Waals surface area contributed by atoms with Gasteiger partial charge in [0.2, 0.25) is 5.91 Å². The van der Waals surface area contributed by atoms with E-state index in [0.29, 0.717) is 4.47 Å². The van der Waals surface area contributed by atoms with Gasteiger partial charge in [-0.2, -0.15) is 0 Å². The monoisotopic (exact) mass is 322 g/mol. The number of hydrogen-bond acceptors (Lipinski definition) is 2. The molecule has 1 rings (SSSR count). The Morgan fingerprint density at radius 1 is 1.41 bits per heavy atom. The third kappa shape index (κ3) is 4.70. The number of rotatable bonds is 3. The minimum atomic E-state index is -0.790. The highest BCUT2D eigenvalue weighted by atomic mass is 79.9. The van der Waals surface area contributed by atoms with Gasteiger partial charge in [-0.3, -0.25) is 10.1 Å². The van der Waals surface area contributed by atoms with Crippen LogP contribution < -0.4 is 10.6 Å². The van der Waals surface area contributed by atoms with E-state index < -0.39 is 17.8 Å². The molecule has 0 fully saturated rings. The van der Waals surface area contributed by atoms with E-state index in [0.717, 1.165) is 0 Å². The summed E-state index contributed by atoms with van der Waals surface area (Å²) in [6.07, 6.45) is 0.0256. The van der Waals surface area contributed by atoms with Gasteiger partial charge in [0.15, 0.2) is 0 Å². The van der Waals surface area contributed by atoms with Crippen molar-refractivity contribution in [3.05, 3.63) is 28.5 Å². The number of imide groups is 1. The minimum absolute atomic E-state index is 0.00984. The zero-order valence-corrected chi connectivity index (χ0v) is 10.9. The lowest BCUT2D eigenvalue weighted by Gasteiger charge is -2.07. The maximum atomic E-state index is 13.3. The summed E-state index contributed by atoms with van der Waals surface area (Å²) < 4.78 is 13.9. The summed E-state index contributed by atoms with van der Waals surface area (Å²) in [6, 6.07) is 3.36. The maximum absolute atomic E-state index is 13.3. The van der Waals surface area contributed by atoms with Crippen LogP contribution in [0.4, 0.5) is 14.9 Å². The van der Waals surface area contributed by atoms with Gasteiger partial charge in [-0.15, -0.1) is 11.6 Å². The van der Waals surface area contributed by atoms with E-state index in [4.69, 9.17) is 11.6 Å². The highest BCUT2D eigenvalue weighted by molar-refractivity contribution is 9.10. The molecule has 0 unspecified atom stereocenters. The number of benzene rings is 1. The molecule has 92 valence electrons. The topological polar surface area (TPSA) is 58.2 Å². The van der Waals surface area contributed by atoms with Crippen molar-refractivity contribution in [2.45, 2.75) is 6.42 Å². The van der Waals surface area contributed by atoms with Crippen molar-refractivity contribution < 1.29 is 14.0 Å². The molecule has 1 aromatic carbocycles. The van der Waals surface area contributed by atoms with Gasteiger partial charge in [-0.1, -0.05) is 15.9 Å². The molecule has 0 spiro atoms. The number of amides is 3. The highest BCUT2D eigenvalue weighted by Crippen LogP contribution is 2.19. The number of nitrogens with one attached hydrogen (secondary N) is 2. The molecule has 7 heteroatoms. The van der Waals surface area contributed by atoms with Crippen molar-refractivity contribution in [2.24, 2.45) is 0 Å². The van der Waals surface area contributed by atoms with Gasteiger partial charge in [-0.25, -0.2) is 9.18 Å². The average molecular weight is 324 g/mol. The van der Waals surface area contributed by atoms with Crippen LogP contribution in [0.15, 0.2) is 22.7 Å². The molecule has 4 nitrogen and oxygen atoms in total. The molecule has 2 N–H and O–H groups in total. The number of anilines is 1. The van der Waals surface area contributed by atoms with Gasteiger partial charge in [0.25, 0.3) is 0 Å². The predicted octanol–water partition coefficient (Wildman–Crippen LogP) is 2.87. The second-order valence-electron chi connectivity index (χ2n) is 3.07. The quantitative estimate of drug-likeness (QED) is 0.840. The van der Waals surface area contributed by atoms with Crippen LogP contribution in [0.2, 0.25) is 0 Å². The lowest BCUT2D eigenvalue weighted by molar-refractivity contribution is -0.119. The maximum Gasteiger partial charge on any atom is 0.325 e. The Labute approximate surface area is 111 Å². The van der Waals surface area contributed by atoms with Gasteiger partial charge in [0, 0.05) is 16.8 Å². The zero-order valence-electron chi connectivity index (χ0n) is 8.60. The molecule has 0 saturated carbocycles. The third-order valence-electron chi connectivity index (χ3n) is 1.75. The molecule has 1 aromatic rings. The molecule has 0 aromatic heterocycles. The van der Waals surface area contributed by atoms with E-state index >= 15 is 0 Å². The molecule has 0 aliphatic carbocycles. The van der Waals surface area contributed by atoms with Gasteiger partial charge >= 0.3 is 6.03 Å². The Kier molecular flexibility index (Phi) is 5.37. The number of carbonyl (C=O) groups is 2. The van der Waals surface area contributed by atoms with Crippen molar-refractivity contribution in [1.29, 1.82) is 0 Å². The lowest BCUT2D eigenvalue weighted by Crippen LogP contribution is -2.34. The molecule has 17 heavy (non-hydrogen) atoms. The smallest absolute Gasteiger partial charge is 0.305 e. The van der Waals surface area contributed by atoms with Crippen molar-refractivity contribution in [3.8, 4) is 0 Å². The number of hydrogen-bond donors (Lipinski definition) is 2. The molecule has 0 saturated heterocycles. The molecule has 0 atom stereocenters. The predicted molar refractivity (Wildman–Crippen MR) is 66.6 cm³/mol. The van der Waals surface area contributed by atoms with Crippen molar-refractivity contribution in [1.82, 2.24) is 5.32 Å². The number of carbonyl (C=O) groups excluding carboxylic acids is 2. The Morgan fingerprint density at radius 2 is 2.12 bits per heavy atom. The van der Waals surface area contributed by atoms with E-state index in [9.17, 15) is 14.0 Å². The van der Waals surface area contributed by atoms with Crippen LogP contribution in [-0.4, -0.2) is 17.8 Å². The van der Waals surface area contributed by atoms with Gasteiger partial charge in [0.05, 0.1) is 5.69 Å². The third-order valence-corrected chi connectivity index (χ3v) is 2.44. The van der Waals surface area contributed by atoms with E-state index in [-0.39, 0.29) is 18.0 Å². The van der Waals surface area contributed by atoms with Crippen LogP contribution >= 0.6 is 27.5 Å². The molecule has 0 bridgehead atoms. The summed E-state index contributed by atoms with van der Waals surface area (Å²) >= 11 is 8.41. The number of urea groups is 1. The van der Waals surface area contributed by atoms with E-state index in [1.807, 2.05) is 5.32 Å². The summed E-state index contributed by atoms with van der Waals surface area (Å²) in [4.78, 5) is 22.3.